The van der Waals surface area contributed by atoms with Gasteiger partial charge >= 0.3 is 0 Å². The van der Waals surface area contributed by atoms with Crippen molar-refractivity contribution in [2.45, 2.75) is 61.4 Å². The second-order valence-electron chi connectivity index (χ2n) is 10.8. The lowest BCUT2D eigenvalue weighted by molar-refractivity contribution is 0.0419. The van der Waals surface area contributed by atoms with E-state index in [-0.39, 0.29) is 27.1 Å². The zero-order chi connectivity index (χ0) is 29.2. The van der Waals surface area contributed by atoms with Crippen molar-refractivity contribution in [2.75, 3.05) is 17.9 Å². The minimum atomic E-state index is -3.94. The first kappa shape index (κ1) is 28.3. The van der Waals surface area contributed by atoms with Crippen LogP contribution in [-0.2, 0) is 20.2 Å². The normalized spacial score (nSPS) is 19.4. The molecule has 1 atom stereocenters. The van der Waals surface area contributed by atoms with Gasteiger partial charge in [0.1, 0.15) is 24.3 Å². The Hall–Kier alpha value is -3.78. The number of rotatable bonds is 12. The molecule has 1 unspecified atom stereocenters. The molecular formula is C32H32N4O4S2. The number of sulfonamides is 1. The van der Waals surface area contributed by atoms with Gasteiger partial charge in [0, 0.05) is 29.5 Å². The van der Waals surface area contributed by atoms with E-state index < -0.39 is 10.0 Å². The molecule has 7 rings (SSSR count). The lowest BCUT2D eigenvalue weighted by atomic mass is 9.54. The molecule has 0 saturated carbocycles. The van der Waals surface area contributed by atoms with E-state index in [4.69, 9.17) is 9.47 Å². The third-order valence-electron chi connectivity index (χ3n) is 8.37. The van der Waals surface area contributed by atoms with Crippen molar-refractivity contribution in [2.24, 2.45) is 0 Å². The van der Waals surface area contributed by atoms with Gasteiger partial charge in [-0.2, -0.15) is 9.64 Å². The number of nitriles is 1. The van der Waals surface area contributed by atoms with Crippen molar-refractivity contribution in [3.63, 3.8) is 0 Å². The van der Waals surface area contributed by atoms with Crippen molar-refractivity contribution in [3.8, 4) is 11.8 Å². The Morgan fingerprint density at radius 1 is 1.12 bits per heavy atom. The second-order valence-corrected chi connectivity index (χ2v) is 13.3. The van der Waals surface area contributed by atoms with Crippen molar-refractivity contribution < 1.29 is 17.9 Å². The van der Waals surface area contributed by atoms with Crippen LogP contribution >= 0.6 is 11.5 Å². The molecule has 8 nitrogen and oxygen atoms in total. The van der Waals surface area contributed by atoms with Gasteiger partial charge in [-0.15, -0.1) is 0 Å². The van der Waals surface area contributed by atoms with Crippen LogP contribution in [0.1, 0.15) is 72.8 Å². The monoisotopic (exact) mass is 600 g/mol. The van der Waals surface area contributed by atoms with Gasteiger partial charge in [0.15, 0.2) is 0 Å². The van der Waals surface area contributed by atoms with Crippen LogP contribution in [0.25, 0.3) is 0 Å². The number of ether oxygens (including phenoxy) is 2. The maximum Gasteiger partial charge on any atom is 0.263 e. The molecule has 42 heavy (non-hydrogen) atoms. The van der Waals surface area contributed by atoms with E-state index >= 15 is 0 Å². The van der Waals surface area contributed by atoms with Crippen LogP contribution in [-0.4, -0.2) is 37.1 Å². The molecule has 1 aromatic heterocycles. The average Bonchev–Trinajstić information content (AvgIpc) is 3.53. The number of aromatic nitrogens is 2. The smallest absolute Gasteiger partial charge is 0.263 e. The third-order valence-corrected chi connectivity index (χ3v) is 10.4. The highest BCUT2D eigenvalue weighted by molar-refractivity contribution is 7.93. The third kappa shape index (κ3) is 5.28. The fraction of sp³-hybridized carbons (Fsp3) is 0.344. The molecule has 0 amide bonds. The highest BCUT2D eigenvalue weighted by Crippen LogP contribution is 2.58. The Morgan fingerprint density at radius 2 is 1.86 bits per heavy atom. The number of benzene rings is 3. The summed E-state index contributed by atoms with van der Waals surface area (Å²) >= 11 is 0.933. The summed E-state index contributed by atoms with van der Waals surface area (Å²) in [6.07, 6.45) is 5.61. The molecule has 216 valence electrons. The number of fused-ring (bicyclic) bond motifs is 1. The zero-order valence-corrected chi connectivity index (χ0v) is 25.0. The van der Waals surface area contributed by atoms with E-state index in [1.165, 1.54) is 40.7 Å². The molecule has 2 bridgehead atoms. The number of nitrogens with zero attached hydrogens (tertiary/aromatic N) is 3. The minimum Gasteiger partial charge on any atom is -0.487 e. The SMILES string of the molecule is CCCOCC(CCC12CCC(c3ccccc31)c1ccccc12)Oc1ccc(S(=O)(=O)Nc2ncns2)cc1C#N. The molecule has 0 aliphatic heterocycles. The van der Waals surface area contributed by atoms with E-state index in [1.54, 1.807) is 6.07 Å². The van der Waals surface area contributed by atoms with Gasteiger partial charge in [-0.25, -0.2) is 13.4 Å². The van der Waals surface area contributed by atoms with Crippen LogP contribution < -0.4 is 9.46 Å². The molecule has 3 aliphatic rings. The molecule has 10 heteroatoms. The second kappa shape index (κ2) is 11.8. The molecule has 1 heterocycles. The quantitative estimate of drug-likeness (QED) is 0.187. The van der Waals surface area contributed by atoms with Gasteiger partial charge in [-0.3, -0.25) is 4.72 Å². The Balaban J connectivity index is 1.27. The summed E-state index contributed by atoms with van der Waals surface area (Å²) in [6, 6.07) is 24.1. The van der Waals surface area contributed by atoms with Crippen molar-refractivity contribution in [1.82, 2.24) is 9.36 Å². The maximum atomic E-state index is 12.9. The van der Waals surface area contributed by atoms with Crippen LogP contribution in [0.2, 0.25) is 0 Å². The summed E-state index contributed by atoms with van der Waals surface area (Å²) < 4.78 is 44.4. The summed E-state index contributed by atoms with van der Waals surface area (Å²) in [6.45, 7) is 3.04. The van der Waals surface area contributed by atoms with E-state index in [0.717, 1.165) is 37.2 Å². The highest BCUT2D eigenvalue weighted by atomic mass is 32.2. The molecule has 0 fully saturated rings. The molecule has 0 saturated heterocycles. The Labute approximate surface area is 250 Å². The number of anilines is 1. The predicted octanol–water partition coefficient (Wildman–Crippen LogP) is 6.39. The summed E-state index contributed by atoms with van der Waals surface area (Å²) in [5.41, 5.74) is 5.69. The summed E-state index contributed by atoms with van der Waals surface area (Å²) in [4.78, 5) is 3.83. The van der Waals surface area contributed by atoms with E-state index in [1.807, 2.05) is 0 Å². The maximum absolute atomic E-state index is 12.9. The molecule has 0 radical (unpaired) electrons. The van der Waals surface area contributed by atoms with Crippen LogP contribution in [0.5, 0.6) is 5.75 Å². The Morgan fingerprint density at radius 3 is 2.52 bits per heavy atom. The van der Waals surface area contributed by atoms with Crippen LogP contribution in [0, 0.1) is 11.3 Å². The van der Waals surface area contributed by atoms with Crippen LogP contribution in [0.4, 0.5) is 5.13 Å². The highest BCUT2D eigenvalue weighted by Gasteiger charge is 2.47. The minimum absolute atomic E-state index is 0.0496. The lowest BCUT2D eigenvalue weighted by Gasteiger charge is -2.50. The van der Waals surface area contributed by atoms with E-state index in [2.05, 4.69) is 75.6 Å². The summed E-state index contributed by atoms with van der Waals surface area (Å²) in [5, 5.41) is 10.1. The predicted molar refractivity (Wildman–Crippen MR) is 161 cm³/mol. The molecule has 1 N–H and O–H groups in total. The van der Waals surface area contributed by atoms with Gasteiger partial charge in [-0.1, -0.05) is 55.5 Å². The summed E-state index contributed by atoms with van der Waals surface area (Å²) in [5.74, 6) is 0.775. The first-order chi connectivity index (χ1) is 20.4. The molecule has 3 aliphatic carbocycles. The van der Waals surface area contributed by atoms with Crippen LogP contribution in [0.15, 0.2) is 78.0 Å². The molecule has 4 aromatic rings. The van der Waals surface area contributed by atoms with Crippen LogP contribution in [0.3, 0.4) is 0 Å². The zero-order valence-electron chi connectivity index (χ0n) is 23.3. The number of hydrogen-bond acceptors (Lipinski definition) is 8. The Kier molecular flexibility index (Phi) is 7.99. The number of hydrogen-bond donors (Lipinski definition) is 1. The number of nitrogens with one attached hydrogen (secondary N) is 1. The van der Waals surface area contributed by atoms with Gasteiger partial charge < -0.3 is 9.47 Å². The molecular weight excluding hydrogens is 569 g/mol. The van der Waals surface area contributed by atoms with Gasteiger partial charge in [0.2, 0.25) is 5.13 Å². The molecule has 0 spiro atoms. The lowest BCUT2D eigenvalue weighted by Crippen LogP contribution is -2.41. The fourth-order valence-corrected chi connectivity index (χ4v) is 8.22. The van der Waals surface area contributed by atoms with Gasteiger partial charge in [-0.05, 0) is 72.6 Å². The van der Waals surface area contributed by atoms with Crippen molar-refractivity contribution >= 4 is 26.7 Å². The van der Waals surface area contributed by atoms with E-state index in [9.17, 15) is 13.7 Å². The Bertz CT molecular complexity index is 1670. The van der Waals surface area contributed by atoms with Crippen molar-refractivity contribution in [3.05, 3.63) is 101 Å². The summed E-state index contributed by atoms with van der Waals surface area (Å²) in [7, 11) is -3.94. The first-order valence-corrected chi connectivity index (χ1v) is 16.5. The van der Waals surface area contributed by atoms with Gasteiger partial charge in [0.25, 0.3) is 10.0 Å². The average molecular weight is 601 g/mol. The van der Waals surface area contributed by atoms with E-state index in [0.29, 0.717) is 31.3 Å². The topological polar surface area (TPSA) is 114 Å². The first-order valence-electron chi connectivity index (χ1n) is 14.2. The molecule has 3 aromatic carbocycles. The standard InChI is InChI=1S/C32H32N4O4S2/c1-2-17-39-20-23(40-30-12-11-24(18-22(30)19-33)42(37,38)36-31-34-21-35-41-31)13-15-32-16-14-25(26-7-3-5-9-28(26)32)27-8-4-6-10-29(27)32/h3-12,18,21,23,25H,2,13-17,20H2,1H3,(H,34,35,36). The fourth-order valence-electron chi connectivity index (χ4n) is 6.53. The van der Waals surface area contributed by atoms with Gasteiger partial charge in [0.05, 0.1) is 17.1 Å². The van der Waals surface area contributed by atoms with Crippen molar-refractivity contribution in [1.29, 1.82) is 5.26 Å². The largest absolute Gasteiger partial charge is 0.487 e.